The quantitative estimate of drug-likeness (QED) is 0.467. The van der Waals surface area contributed by atoms with Crippen molar-refractivity contribution in [2.75, 3.05) is 12.4 Å². The van der Waals surface area contributed by atoms with E-state index in [-0.39, 0.29) is 5.91 Å². The first-order valence-corrected chi connectivity index (χ1v) is 9.72. The number of amides is 1. The van der Waals surface area contributed by atoms with Gasteiger partial charge in [0.05, 0.1) is 7.11 Å². The highest BCUT2D eigenvalue weighted by Gasteiger charge is 2.06. The third-order valence-electron chi connectivity index (χ3n) is 4.53. The molecule has 4 rings (SSSR count). The van der Waals surface area contributed by atoms with Gasteiger partial charge in [0.1, 0.15) is 17.8 Å². The second kappa shape index (κ2) is 9.53. The fraction of sp³-hybridized carbons (Fsp3) is 0.130. The molecule has 0 spiro atoms. The number of anilines is 1. The fourth-order valence-corrected chi connectivity index (χ4v) is 2.92. The van der Waals surface area contributed by atoms with Crippen LogP contribution in [0.3, 0.4) is 0 Å². The normalized spacial score (nSPS) is 10.5. The molecule has 156 valence electrons. The van der Waals surface area contributed by atoms with Crippen LogP contribution in [0.1, 0.15) is 12.0 Å². The molecule has 1 N–H and O–H groups in total. The molecule has 0 atom stereocenters. The molecule has 0 saturated heterocycles. The van der Waals surface area contributed by atoms with Crippen LogP contribution in [0.4, 0.5) is 5.69 Å². The van der Waals surface area contributed by atoms with Crippen LogP contribution < -0.4 is 14.8 Å². The zero-order valence-electron chi connectivity index (χ0n) is 16.9. The summed E-state index contributed by atoms with van der Waals surface area (Å²) in [6.07, 6.45) is 5.93. The van der Waals surface area contributed by atoms with Gasteiger partial charge in [0, 0.05) is 30.6 Å². The second-order valence-electron chi connectivity index (χ2n) is 6.69. The number of hydrogen-bond acceptors (Lipinski definition) is 6. The van der Waals surface area contributed by atoms with Gasteiger partial charge in [-0.3, -0.25) is 4.79 Å². The molecule has 0 fully saturated rings. The number of hydrogen-bond donors (Lipinski definition) is 1. The largest absolute Gasteiger partial charge is 0.497 e. The van der Waals surface area contributed by atoms with E-state index >= 15 is 0 Å². The van der Waals surface area contributed by atoms with Crippen molar-refractivity contribution in [3.8, 4) is 23.2 Å². The lowest BCUT2D eigenvalue weighted by molar-refractivity contribution is -0.116. The van der Waals surface area contributed by atoms with Crippen LogP contribution in [0, 0.1) is 0 Å². The third-order valence-corrected chi connectivity index (χ3v) is 4.53. The smallest absolute Gasteiger partial charge is 0.224 e. The number of rotatable bonds is 8. The van der Waals surface area contributed by atoms with Gasteiger partial charge in [-0.05, 0) is 54.4 Å². The molecule has 8 nitrogen and oxygen atoms in total. The number of aromatic nitrogens is 4. The van der Waals surface area contributed by atoms with Gasteiger partial charge in [-0.2, -0.15) is 5.10 Å². The van der Waals surface area contributed by atoms with Crippen LogP contribution >= 0.6 is 0 Å². The molecule has 0 aliphatic rings. The number of benzene rings is 2. The maximum absolute atomic E-state index is 12.2. The number of aryl methyl sites for hydroxylation is 1. The lowest BCUT2D eigenvalue weighted by Gasteiger charge is -2.08. The molecule has 1 amide bonds. The van der Waals surface area contributed by atoms with Crippen LogP contribution in [-0.4, -0.2) is 32.8 Å². The van der Waals surface area contributed by atoms with Gasteiger partial charge >= 0.3 is 0 Å². The minimum atomic E-state index is -0.0517. The van der Waals surface area contributed by atoms with E-state index in [0.29, 0.717) is 36.0 Å². The van der Waals surface area contributed by atoms with Crippen molar-refractivity contribution in [2.45, 2.75) is 12.8 Å². The van der Waals surface area contributed by atoms with Gasteiger partial charge in [-0.1, -0.05) is 12.1 Å². The number of carbonyl (C=O) groups excluding carboxylic acids is 1. The van der Waals surface area contributed by atoms with Crippen LogP contribution in [0.25, 0.3) is 5.82 Å². The molecule has 0 aliphatic carbocycles. The van der Waals surface area contributed by atoms with E-state index in [2.05, 4.69) is 20.4 Å². The molecule has 2 aromatic heterocycles. The topological polar surface area (TPSA) is 91.2 Å². The van der Waals surface area contributed by atoms with Crippen molar-refractivity contribution in [3.63, 3.8) is 0 Å². The number of ether oxygens (including phenoxy) is 2. The number of nitrogens with zero attached hydrogens (tertiary/aromatic N) is 4. The van der Waals surface area contributed by atoms with Crippen LogP contribution in [0.2, 0.25) is 0 Å². The number of methoxy groups -OCH3 is 1. The van der Waals surface area contributed by atoms with E-state index in [0.717, 1.165) is 11.3 Å². The molecular formula is C23H21N5O3. The lowest BCUT2D eigenvalue weighted by atomic mass is 10.1. The van der Waals surface area contributed by atoms with Gasteiger partial charge in [0.25, 0.3) is 0 Å². The Morgan fingerprint density at radius 3 is 2.52 bits per heavy atom. The average molecular weight is 415 g/mol. The van der Waals surface area contributed by atoms with Crippen molar-refractivity contribution in [3.05, 3.63) is 84.9 Å². The molecule has 0 radical (unpaired) electrons. The summed E-state index contributed by atoms with van der Waals surface area (Å²) in [5.41, 5.74) is 1.78. The fourth-order valence-electron chi connectivity index (χ4n) is 2.92. The first-order chi connectivity index (χ1) is 15.2. The van der Waals surface area contributed by atoms with Crippen molar-refractivity contribution in [1.82, 2.24) is 19.7 Å². The highest BCUT2D eigenvalue weighted by atomic mass is 16.5. The van der Waals surface area contributed by atoms with Crippen molar-refractivity contribution >= 4 is 11.6 Å². The van der Waals surface area contributed by atoms with Gasteiger partial charge in [0.15, 0.2) is 5.82 Å². The van der Waals surface area contributed by atoms with Gasteiger partial charge in [0.2, 0.25) is 11.8 Å². The SMILES string of the molecule is COc1ccc(CCC(=O)Nc2ccc(Oc3cc(-n4cccn4)ncn3)cc2)cc1. The summed E-state index contributed by atoms with van der Waals surface area (Å²) < 4.78 is 12.6. The summed E-state index contributed by atoms with van der Waals surface area (Å²) in [4.78, 5) is 20.5. The van der Waals surface area contributed by atoms with E-state index in [9.17, 15) is 4.79 Å². The maximum Gasteiger partial charge on any atom is 0.224 e. The van der Waals surface area contributed by atoms with E-state index in [1.165, 1.54) is 6.33 Å². The Labute approximate surface area is 179 Å². The first kappa shape index (κ1) is 20.1. The third kappa shape index (κ3) is 5.45. The zero-order valence-corrected chi connectivity index (χ0v) is 16.9. The van der Waals surface area contributed by atoms with Crippen LogP contribution in [0.15, 0.2) is 79.4 Å². The lowest BCUT2D eigenvalue weighted by Crippen LogP contribution is -2.12. The summed E-state index contributed by atoms with van der Waals surface area (Å²) in [6.45, 7) is 0. The van der Waals surface area contributed by atoms with Crippen LogP contribution in [0.5, 0.6) is 17.4 Å². The Kier molecular flexibility index (Phi) is 6.18. The highest BCUT2D eigenvalue weighted by molar-refractivity contribution is 5.90. The maximum atomic E-state index is 12.2. The number of nitrogens with one attached hydrogen (secondary N) is 1. The van der Waals surface area contributed by atoms with E-state index in [4.69, 9.17) is 9.47 Å². The predicted molar refractivity (Wildman–Crippen MR) is 116 cm³/mol. The van der Waals surface area contributed by atoms with Gasteiger partial charge in [-0.15, -0.1) is 0 Å². The molecule has 0 aliphatic heterocycles. The average Bonchev–Trinajstić information content (AvgIpc) is 3.35. The second-order valence-corrected chi connectivity index (χ2v) is 6.69. The summed E-state index contributed by atoms with van der Waals surface area (Å²) in [5.74, 6) is 2.35. The molecule has 0 unspecified atom stereocenters. The molecule has 31 heavy (non-hydrogen) atoms. The first-order valence-electron chi connectivity index (χ1n) is 9.72. The molecule has 0 bridgehead atoms. The summed E-state index contributed by atoms with van der Waals surface area (Å²) in [6, 6.07) is 18.3. The Hall–Kier alpha value is -4.20. The van der Waals surface area contributed by atoms with Crippen molar-refractivity contribution in [2.24, 2.45) is 0 Å². The summed E-state index contributed by atoms with van der Waals surface area (Å²) in [7, 11) is 1.63. The van der Waals surface area contributed by atoms with E-state index in [1.54, 1.807) is 54.5 Å². The molecule has 4 aromatic rings. The predicted octanol–water partition coefficient (Wildman–Crippen LogP) is 4.03. The van der Waals surface area contributed by atoms with Gasteiger partial charge in [-0.25, -0.2) is 14.6 Å². The van der Waals surface area contributed by atoms with E-state index in [1.807, 2.05) is 30.3 Å². The minimum Gasteiger partial charge on any atom is -0.497 e. The van der Waals surface area contributed by atoms with Crippen molar-refractivity contribution < 1.29 is 14.3 Å². The number of carbonyl (C=O) groups is 1. The van der Waals surface area contributed by atoms with Crippen LogP contribution in [-0.2, 0) is 11.2 Å². The minimum absolute atomic E-state index is 0.0517. The monoisotopic (exact) mass is 415 g/mol. The molecule has 2 heterocycles. The molecule has 0 saturated carbocycles. The Bertz CT molecular complexity index is 1130. The Morgan fingerprint density at radius 1 is 1.03 bits per heavy atom. The highest BCUT2D eigenvalue weighted by Crippen LogP contribution is 2.22. The van der Waals surface area contributed by atoms with Crippen molar-refractivity contribution in [1.29, 1.82) is 0 Å². The summed E-state index contributed by atoms with van der Waals surface area (Å²) >= 11 is 0. The Balaban J connectivity index is 1.30. The molecule has 8 heteroatoms. The molecular weight excluding hydrogens is 394 g/mol. The van der Waals surface area contributed by atoms with E-state index < -0.39 is 0 Å². The standard InChI is InChI=1S/C23H21N5O3/c1-30-19-8-3-17(4-9-19)5-12-22(29)27-18-6-10-20(11-7-18)31-23-15-21(24-16-25-23)28-14-2-13-26-28/h2-4,6-11,13-16H,5,12H2,1H3,(H,27,29). The van der Waals surface area contributed by atoms with Gasteiger partial charge < -0.3 is 14.8 Å². The zero-order chi connectivity index (χ0) is 21.5. The summed E-state index contributed by atoms with van der Waals surface area (Å²) in [5, 5.41) is 7.04. The molecule has 2 aromatic carbocycles. The Morgan fingerprint density at radius 2 is 1.81 bits per heavy atom.